The Bertz CT molecular complexity index is 439. The second kappa shape index (κ2) is 7.98. The van der Waals surface area contributed by atoms with Crippen LogP contribution in [0.25, 0.3) is 0 Å². The third-order valence-electron chi connectivity index (χ3n) is 5.47. The Labute approximate surface area is 146 Å². The van der Waals surface area contributed by atoms with Crippen LogP contribution < -0.4 is 0 Å². The molecular weight excluding hydrogens is 296 g/mol. The molecule has 23 heavy (non-hydrogen) atoms. The van der Waals surface area contributed by atoms with Crippen LogP contribution in [0, 0.1) is 0 Å². The minimum Gasteiger partial charge on any atom is -0.413 e. The van der Waals surface area contributed by atoms with Gasteiger partial charge in [0.05, 0.1) is 0 Å². The highest BCUT2D eigenvalue weighted by molar-refractivity contribution is 6.78. The molecule has 0 radical (unpaired) electrons. The first kappa shape index (κ1) is 20.4. The molecule has 0 spiro atoms. The Morgan fingerprint density at radius 1 is 0.913 bits per heavy atom. The van der Waals surface area contributed by atoms with Crippen molar-refractivity contribution in [1.29, 1.82) is 0 Å². The van der Waals surface area contributed by atoms with E-state index in [-0.39, 0.29) is 10.1 Å². The highest BCUT2D eigenvalue weighted by Crippen LogP contribution is 2.52. The van der Waals surface area contributed by atoms with Crippen molar-refractivity contribution in [2.45, 2.75) is 96.9 Å². The van der Waals surface area contributed by atoms with E-state index in [4.69, 9.17) is 4.43 Å². The van der Waals surface area contributed by atoms with Crippen molar-refractivity contribution in [3.8, 4) is 0 Å². The summed E-state index contributed by atoms with van der Waals surface area (Å²) in [6.07, 6.45) is 5.21. The summed E-state index contributed by atoms with van der Waals surface area (Å²) in [4.78, 5) is 0. The maximum absolute atomic E-state index is 6.76. The first-order valence-electron chi connectivity index (χ1n) is 9.19. The molecule has 0 bridgehead atoms. The molecule has 1 aromatic carbocycles. The molecular formula is C21H38OSi. The topological polar surface area (TPSA) is 9.23 Å². The van der Waals surface area contributed by atoms with Crippen molar-refractivity contribution in [2.75, 3.05) is 0 Å². The van der Waals surface area contributed by atoms with Gasteiger partial charge in [0, 0.05) is 6.10 Å². The molecule has 1 aromatic rings. The predicted molar refractivity (Wildman–Crippen MR) is 106 cm³/mol. The lowest BCUT2D eigenvalue weighted by Gasteiger charge is -2.49. The minimum absolute atomic E-state index is 0.254. The zero-order valence-corrected chi connectivity index (χ0v) is 17.7. The summed E-state index contributed by atoms with van der Waals surface area (Å²) < 4.78 is 6.76. The van der Waals surface area contributed by atoms with Crippen molar-refractivity contribution in [2.24, 2.45) is 0 Å². The van der Waals surface area contributed by atoms with Crippen molar-refractivity contribution < 1.29 is 4.43 Å². The minimum atomic E-state index is -1.84. The zero-order chi connectivity index (χ0) is 17.7. The third-order valence-corrected chi connectivity index (χ3v) is 12.1. The average molecular weight is 335 g/mol. The normalized spacial score (nSPS) is 14.8. The molecule has 2 heteroatoms. The Balaban J connectivity index is 2.49. The van der Waals surface area contributed by atoms with Crippen molar-refractivity contribution in [1.82, 2.24) is 0 Å². The maximum Gasteiger partial charge on any atom is 0.200 e. The number of rotatable bonds is 7. The van der Waals surface area contributed by atoms with Crippen LogP contribution >= 0.6 is 0 Å². The van der Waals surface area contributed by atoms with Gasteiger partial charge in [-0.1, -0.05) is 78.3 Å². The van der Waals surface area contributed by atoms with E-state index >= 15 is 0 Å². The summed E-state index contributed by atoms with van der Waals surface area (Å²) in [6.45, 7) is 18.8. The van der Waals surface area contributed by atoms with Gasteiger partial charge in [0.25, 0.3) is 0 Å². The van der Waals surface area contributed by atoms with Crippen LogP contribution in [0.2, 0.25) is 16.6 Å². The van der Waals surface area contributed by atoms with Crippen LogP contribution in [0.1, 0.15) is 73.3 Å². The first-order chi connectivity index (χ1) is 10.5. The van der Waals surface area contributed by atoms with Gasteiger partial charge in [0.1, 0.15) is 0 Å². The fraction of sp³-hybridized carbons (Fsp3) is 0.714. The lowest BCUT2D eigenvalue weighted by molar-refractivity contribution is 0.170. The van der Waals surface area contributed by atoms with E-state index in [2.05, 4.69) is 85.3 Å². The largest absolute Gasteiger partial charge is 0.413 e. The van der Waals surface area contributed by atoms with E-state index in [9.17, 15) is 0 Å². The van der Waals surface area contributed by atoms with E-state index in [1.54, 1.807) is 0 Å². The molecule has 0 amide bonds. The number of hydrogen-bond donors (Lipinski definition) is 0. The molecule has 0 saturated heterocycles. The fourth-order valence-electron chi connectivity index (χ4n) is 3.35. The van der Waals surface area contributed by atoms with Crippen LogP contribution in [-0.2, 0) is 10.8 Å². The van der Waals surface area contributed by atoms with Crippen LogP contribution in [0.4, 0.5) is 0 Å². The summed E-state index contributed by atoms with van der Waals surface area (Å²) in [6, 6.07) is 10.8. The van der Waals surface area contributed by atoms with Gasteiger partial charge in [-0.15, -0.1) is 0 Å². The van der Waals surface area contributed by atoms with E-state index in [1.165, 1.54) is 31.2 Å². The van der Waals surface area contributed by atoms with Crippen molar-refractivity contribution in [3.63, 3.8) is 0 Å². The molecule has 0 heterocycles. The van der Waals surface area contributed by atoms with Gasteiger partial charge in [0.2, 0.25) is 8.32 Å². The monoisotopic (exact) mass is 334 g/mol. The molecule has 1 rings (SSSR count). The Kier molecular flexibility index (Phi) is 7.09. The van der Waals surface area contributed by atoms with E-state index < -0.39 is 8.32 Å². The van der Waals surface area contributed by atoms with Crippen LogP contribution in [0.5, 0.6) is 0 Å². The van der Waals surface area contributed by atoms with Crippen LogP contribution in [0.3, 0.4) is 0 Å². The SMILES string of the molecule is CC(CCCCc1ccccc1)O[Si](C)(C(C)(C)C)C(C)(C)C. The molecule has 1 unspecified atom stereocenters. The molecule has 1 atom stereocenters. The van der Waals surface area contributed by atoms with Crippen molar-refractivity contribution >= 4 is 8.32 Å². The summed E-state index contributed by atoms with van der Waals surface area (Å²) in [7, 11) is -1.84. The van der Waals surface area contributed by atoms with Gasteiger partial charge in [-0.3, -0.25) is 0 Å². The van der Waals surface area contributed by atoms with Gasteiger partial charge < -0.3 is 4.43 Å². The Hall–Kier alpha value is -0.603. The average Bonchev–Trinajstić information content (AvgIpc) is 2.42. The fourth-order valence-corrected chi connectivity index (χ4v) is 7.23. The molecule has 0 aromatic heterocycles. The van der Waals surface area contributed by atoms with Gasteiger partial charge in [-0.25, -0.2) is 0 Å². The summed E-state index contributed by atoms with van der Waals surface area (Å²) >= 11 is 0. The second-order valence-electron chi connectivity index (χ2n) is 9.19. The molecule has 0 aliphatic carbocycles. The Morgan fingerprint density at radius 3 is 1.91 bits per heavy atom. The van der Waals surface area contributed by atoms with E-state index in [0.717, 1.165) is 0 Å². The molecule has 0 aliphatic rings. The summed E-state index contributed by atoms with van der Waals surface area (Å²) in [5.74, 6) is 0. The summed E-state index contributed by atoms with van der Waals surface area (Å²) in [5, 5.41) is 0.507. The second-order valence-corrected chi connectivity index (χ2v) is 14.5. The van der Waals surface area contributed by atoms with Gasteiger partial charge >= 0.3 is 0 Å². The molecule has 0 aliphatic heterocycles. The molecule has 0 N–H and O–H groups in total. The first-order valence-corrected chi connectivity index (χ1v) is 11.6. The third kappa shape index (κ3) is 5.76. The summed E-state index contributed by atoms with van der Waals surface area (Å²) in [5.41, 5.74) is 1.45. The number of aryl methyl sites for hydroxylation is 1. The smallest absolute Gasteiger partial charge is 0.200 e. The van der Waals surface area contributed by atoms with Crippen LogP contribution in [0.15, 0.2) is 30.3 Å². The lowest BCUT2D eigenvalue weighted by Crippen LogP contribution is -2.53. The van der Waals surface area contributed by atoms with Gasteiger partial charge in [0.15, 0.2) is 0 Å². The predicted octanol–water partition coefficient (Wildman–Crippen LogP) is 6.98. The van der Waals surface area contributed by atoms with Gasteiger partial charge in [-0.05, 0) is 48.4 Å². The lowest BCUT2D eigenvalue weighted by atomic mass is 10.1. The van der Waals surface area contributed by atoms with Crippen molar-refractivity contribution in [3.05, 3.63) is 35.9 Å². The quantitative estimate of drug-likeness (QED) is 0.386. The Morgan fingerprint density at radius 2 is 1.43 bits per heavy atom. The number of unbranched alkanes of at least 4 members (excludes halogenated alkanes) is 1. The highest BCUT2D eigenvalue weighted by Gasteiger charge is 2.51. The van der Waals surface area contributed by atoms with E-state index in [0.29, 0.717) is 6.10 Å². The maximum atomic E-state index is 6.76. The number of hydrogen-bond acceptors (Lipinski definition) is 1. The van der Waals surface area contributed by atoms with Gasteiger partial charge in [-0.2, -0.15) is 0 Å². The van der Waals surface area contributed by atoms with E-state index in [1.807, 2.05) is 0 Å². The number of benzene rings is 1. The highest BCUT2D eigenvalue weighted by atomic mass is 28.4. The zero-order valence-electron chi connectivity index (χ0n) is 16.7. The molecule has 0 saturated carbocycles. The molecule has 132 valence electrons. The molecule has 1 nitrogen and oxygen atoms in total. The standard InChI is InChI=1S/C21H38OSi/c1-18(14-12-13-17-19-15-10-9-11-16-19)22-23(8,20(2,3)4)21(5,6)7/h9-11,15-16,18H,12-14,17H2,1-8H3. The molecule has 0 fully saturated rings. The van der Waals surface area contributed by atoms with Crippen LogP contribution in [-0.4, -0.2) is 14.4 Å².